The largest absolute Gasteiger partial charge is 0.435 e. The van der Waals surface area contributed by atoms with Gasteiger partial charge in [0.25, 0.3) is 0 Å². The molecule has 2 rings (SSSR count). The minimum absolute atomic E-state index is 0.257. The summed E-state index contributed by atoms with van der Waals surface area (Å²) in [5, 5.41) is 9.86. The van der Waals surface area contributed by atoms with Crippen molar-refractivity contribution in [2.24, 2.45) is 0 Å². The molecule has 2 heterocycles. The molecular formula is C11H15F3N4. The van der Waals surface area contributed by atoms with Gasteiger partial charge in [0.15, 0.2) is 5.69 Å². The smallest absolute Gasteiger partial charge is 0.366 e. The van der Waals surface area contributed by atoms with Crippen LogP contribution in [0.3, 0.4) is 0 Å². The fourth-order valence-electron chi connectivity index (χ4n) is 1.92. The highest BCUT2D eigenvalue weighted by molar-refractivity contribution is 5.34. The van der Waals surface area contributed by atoms with Gasteiger partial charge in [0.1, 0.15) is 5.82 Å². The number of anilines is 1. The molecule has 0 spiro atoms. The van der Waals surface area contributed by atoms with E-state index in [4.69, 9.17) is 0 Å². The molecule has 100 valence electrons. The van der Waals surface area contributed by atoms with Crippen molar-refractivity contribution < 1.29 is 13.2 Å². The number of likely N-dealkylation sites (tertiary alicyclic amines) is 1. The Morgan fingerprint density at radius 1 is 1.22 bits per heavy atom. The average molecular weight is 260 g/mol. The van der Waals surface area contributed by atoms with E-state index in [1.54, 1.807) is 0 Å². The molecule has 0 amide bonds. The maximum Gasteiger partial charge on any atom is 0.435 e. The van der Waals surface area contributed by atoms with E-state index in [0.29, 0.717) is 5.82 Å². The van der Waals surface area contributed by atoms with Gasteiger partial charge in [0.05, 0.1) is 0 Å². The van der Waals surface area contributed by atoms with Crippen molar-refractivity contribution in [2.75, 3.05) is 25.5 Å². The molecule has 1 aliphatic rings. The second kappa shape index (κ2) is 5.09. The summed E-state index contributed by atoms with van der Waals surface area (Å²) in [6.45, 7) is 1.96. The van der Waals surface area contributed by atoms with E-state index >= 15 is 0 Å². The number of nitrogens with zero attached hydrogens (tertiary/aromatic N) is 3. The lowest BCUT2D eigenvalue weighted by Crippen LogP contribution is -2.36. The van der Waals surface area contributed by atoms with E-state index < -0.39 is 11.9 Å². The molecule has 1 N–H and O–H groups in total. The quantitative estimate of drug-likeness (QED) is 0.883. The summed E-state index contributed by atoms with van der Waals surface area (Å²) >= 11 is 0. The van der Waals surface area contributed by atoms with Crippen molar-refractivity contribution in [1.29, 1.82) is 0 Å². The van der Waals surface area contributed by atoms with Gasteiger partial charge in [-0.05, 0) is 45.1 Å². The molecule has 0 atom stereocenters. The van der Waals surface area contributed by atoms with E-state index in [-0.39, 0.29) is 6.04 Å². The van der Waals surface area contributed by atoms with E-state index in [2.05, 4.69) is 20.4 Å². The van der Waals surface area contributed by atoms with Gasteiger partial charge in [-0.25, -0.2) is 0 Å². The molecule has 0 bridgehead atoms. The Labute approximate surface area is 103 Å². The molecule has 1 aliphatic heterocycles. The minimum Gasteiger partial charge on any atom is -0.366 e. The van der Waals surface area contributed by atoms with Gasteiger partial charge in [-0.2, -0.15) is 13.2 Å². The predicted octanol–water partition coefficient (Wildman–Crippen LogP) is 2.00. The van der Waals surface area contributed by atoms with Gasteiger partial charge < -0.3 is 10.2 Å². The molecule has 1 saturated heterocycles. The number of rotatable bonds is 2. The first-order chi connectivity index (χ1) is 8.45. The van der Waals surface area contributed by atoms with Gasteiger partial charge in [0, 0.05) is 6.04 Å². The van der Waals surface area contributed by atoms with Crippen LogP contribution in [0.4, 0.5) is 19.0 Å². The second-order valence-electron chi connectivity index (χ2n) is 4.52. The van der Waals surface area contributed by atoms with Gasteiger partial charge >= 0.3 is 6.18 Å². The summed E-state index contributed by atoms with van der Waals surface area (Å²) in [5.74, 6) is 0.401. The summed E-state index contributed by atoms with van der Waals surface area (Å²) < 4.78 is 36.9. The van der Waals surface area contributed by atoms with Crippen LogP contribution in [-0.2, 0) is 6.18 Å². The summed E-state index contributed by atoms with van der Waals surface area (Å²) in [7, 11) is 2.05. The lowest BCUT2D eigenvalue weighted by Gasteiger charge is -2.29. The molecular weight excluding hydrogens is 245 g/mol. The van der Waals surface area contributed by atoms with Crippen LogP contribution >= 0.6 is 0 Å². The van der Waals surface area contributed by atoms with E-state index in [9.17, 15) is 13.2 Å². The molecule has 0 unspecified atom stereocenters. The van der Waals surface area contributed by atoms with Crippen molar-refractivity contribution in [1.82, 2.24) is 15.1 Å². The Balaban J connectivity index is 1.94. The third-order valence-corrected chi connectivity index (χ3v) is 3.03. The molecule has 7 heteroatoms. The van der Waals surface area contributed by atoms with Crippen LogP contribution in [0.25, 0.3) is 0 Å². The van der Waals surface area contributed by atoms with Crippen molar-refractivity contribution in [3.8, 4) is 0 Å². The van der Waals surface area contributed by atoms with Gasteiger partial charge in [-0.15, -0.1) is 10.2 Å². The van der Waals surface area contributed by atoms with Crippen molar-refractivity contribution in [3.05, 3.63) is 17.8 Å². The second-order valence-corrected chi connectivity index (χ2v) is 4.52. The Kier molecular flexibility index (Phi) is 3.70. The first kappa shape index (κ1) is 13.1. The number of piperidine rings is 1. The number of hydrogen-bond acceptors (Lipinski definition) is 4. The van der Waals surface area contributed by atoms with E-state index in [1.165, 1.54) is 6.07 Å². The SMILES string of the molecule is CN1CCC(Nc2ccc(C(F)(F)F)nn2)CC1. The molecule has 0 aliphatic carbocycles. The first-order valence-electron chi connectivity index (χ1n) is 5.81. The fourth-order valence-corrected chi connectivity index (χ4v) is 1.92. The average Bonchev–Trinajstić information content (AvgIpc) is 2.32. The molecule has 0 radical (unpaired) electrons. The Morgan fingerprint density at radius 3 is 2.39 bits per heavy atom. The highest BCUT2D eigenvalue weighted by Crippen LogP contribution is 2.27. The zero-order valence-corrected chi connectivity index (χ0v) is 10.0. The number of halogens is 3. The third-order valence-electron chi connectivity index (χ3n) is 3.03. The van der Waals surface area contributed by atoms with Crippen molar-refractivity contribution in [3.63, 3.8) is 0 Å². The monoisotopic (exact) mass is 260 g/mol. The van der Waals surface area contributed by atoms with Gasteiger partial charge in [-0.3, -0.25) is 0 Å². The number of nitrogens with one attached hydrogen (secondary N) is 1. The summed E-state index contributed by atoms with van der Waals surface area (Å²) in [4.78, 5) is 2.22. The zero-order valence-electron chi connectivity index (χ0n) is 10.0. The number of hydrogen-bond donors (Lipinski definition) is 1. The molecule has 1 fully saturated rings. The molecule has 1 aromatic heterocycles. The van der Waals surface area contributed by atoms with Crippen molar-refractivity contribution in [2.45, 2.75) is 25.1 Å². The van der Waals surface area contributed by atoms with Crippen LogP contribution in [0.2, 0.25) is 0 Å². The van der Waals surface area contributed by atoms with Crippen LogP contribution < -0.4 is 5.32 Å². The summed E-state index contributed by atoms with van der Waals surface area (Å²) in [5.41, 5.74) is -0.962. The predicted molar refractivity (Wildman–Crippen MR) is 61.2 cm³/mol. The molecule has 18 heavy (non-hydrogen) atoms. The van der Waals surface area contributed by atoms with Gasteiger partial charge in [0.2, 0.25) is 0 Å². The lowest BCUT2D eigenvalue weighted by atomic mass is 10.1. The maximum atomic E-state index is 12.3. The fraction of sp³-hybridized carbons (Fsp3) is 0.636. The van der Waals surface area contributed by atoms with Crippen LogP contribution in [0.15, 0.2) is 12.1 Å². The summed E-state index contributed by atoms with van der Waals surface area (Å²) in [6, 6.07) is 2.53. The zero-order chi connectivity index (χ0) is 13.2. The molecule has 0 saturated carbocycles. The van der Waals surface area contributed by atoms with Crippen LogP contribution in [0, 0.1) is 0 Å². The first-order valence-corrected chi connectivity index (χ1v) is 5.81. The minimum atomic E-state index is -4.43. The highest BCUT2D eigenvalue weighted by atomic mass is 19.4. The normalized spacial score (nSPS) is 18.9. The van der Waals surface area contributed by atoms with Crippen LogP contribution in [-0.4, -0.2) is 41.3 Å². The van der Waals surface area contributed by atoms with E-state index in [1.807, 2.05) is 7.05 Å². The van der Waals surface area contributed by atoms with Crippen LogP contribution in [0.5, 0.6) is 0 Å². The van der Waals surface area contributed by atoms with Crippen LogP contribution in [0.1, 0.15) is 18.5 Å². The highest BCUT2D eigenvalue weighted by Gasteiger charge is 2.32. The summed E-state index contributed by atoms with van der Waals surface area (Å²) in [6.07, 6.45) is -2.52. The van der Waals surface area contributed by atoms with Crippen molar-refractivity contribution >= 4 is 5.82 Å². The molecule has 0 aromatic carbocycles. The van der Waals surface area contributed by atoms with Gasteiger partial charge in [-0.1, -0.05) is 0 Å². The lowest BCUT2D eigenvalue weighted by molar-refractivity contribution is -0.141. The molecule has 4 nitrogen and oxygen atoms in total. The number of alkyl halides is 3. The van der Waals surface area contributed by atoms with E-state index in [0.717, 1.165) is 32.0 Å². The standard InChI is InChI=1S/C11H15F3N4/c1-18-6-4-8(5-7-18)15-10-3-2-9(16-17-10)11(12,13)14/h2-3,8H,4-7H2,1H3,(H,15,17). The topological polar surface area (TPSA) is 41.0 Å². The Hall–Kier alpha value is -1.37. The Bertz CT molecular complexity index is 382. The molecule has 1 aromatic rings. The maximum absolute atomic E-state index is 12.3. The third kappa shape index (κ3) is 3.32. The number of aromatic nitrogens is 2. The Morgan fingerprint density at radius 2 is 1.89 bits per heavy atom.